The van der Waals surface area contributed by atoms with Gasteiger partial charge in [0.1, 0.15) is 0 Å². The van der Waals surface area contributed by atoms with Crippen molar-refractivity contribution >= 4 is 38.8 Å². The highest BCUT2D eigenvalue weighted by Crippen LogP contribution is 2.36. The van der Waals surface area contributed by atoms with Crippen molar-refractivity contribution in [3.05, 3.63) is 58.1 Å². The third-order valence-corrected chi connectivity index (χ3v) is 5.45. The number of benzene rings is 2. The quantitative estimate of drug-likeness (QED) is 0.704. The maximum atomic E-state index is 6.25. The summed E-state index contributed by atoms with van der Waals surface area (Å²) in [6.45, 7) is 0.939. The summed E-state index contributed by atoms with van der Waals surface area (Å²) in [5.74, 6) is 0.429. The molecule has 0 spiro atoms. The predicted molar refractivity (Wildman–Crippen MR) is 86.0 cm³/mol. The highest BCUT2D eigenvalue weighted by atomic mass is 35.5. The second-order valence-electron chi connectivity index (χ2n) is 5.08. The zero-order valence-corrected chi connectivity index (χ0v) is 12.3. The van der Waals surface area contributed by atoms with Gasteiger partial charge in [0.2, 0.25) is 0 Å². The van der Waals surface area contributed by atoms with Gasteiger partial charge in [0.25, 0.3) is 0 Å². The van der Waals surface area contributed by atoms with Crippen molar-refractivity contribution in [3.63, 3.8) is 0 Å². The van der Waals surface area contributed by atoms with Crippen LogP contribution in [0.2, 0.25) is 5.02 Å². The van der Waals surface area contributed by atoms with Crippen LogP contribution in [0, 0.1) is 0 Å². The van der Waals surface area contributed by atoms with Crippen LogP contribution < -0.4 is 5.32 Å². The Morgan fingerprint density at radius 1 is 1.15 bits per heavy atom. The first-order valence-electron chi connectivity index (χ1n) is 6.68. The van der Waals surface area contributed by atoms with E-state index in [9.17, 15) is 0 Å². The summed E-state index contributed by atoms with van der Waals surface area (Å²) in [4.78, 5) is 4.76. The van der Waals surface area contributed by atoms with Crippen molar-refractivity contribution in [1.29, 1.82) is 0 Å². The van der Waals surface area contributed by atoms with Gasteiger partial charge in [-0.25, -0.2) is 4.98 Å². The Morgan fingerprint density at radius 2 is 2.05 bits per heavy atom. The monoisotopic (exact) mass is 300 g/mol. The molecule has 20 heavy (non-hydrogen) atoms. The lowest BCUT2D eigenvalue weighted by Crippen LogP contribution is -2.21. The number of nitrogens with one attached hydrogen (secondary N) is 1. The van der Waals surface area contributed by atoms with E-state index in [0.717, 1.165) is 28.2 Å². The molecule has 0 bridgehead atoms. The number of halogens is 1. The third-order valence-electron chi connectivity index (χ3n) is 3.76. The van der Waals surface area contributed by atoms with Gasteiger partial charge in [-0.3, -0.25) is 0 Å². The van der Waals surface area contributed by atoms with Crippen molar-refractivity contribution in [2.24, 2.45) is 0 Å². The van der Waals surface area contributed by atoms with Crippen molar-refractivity contribution in [2.75, 3.05) is 11.9 Å². The van der Waals surface area contributed by atoms with E-state index in [1.165, 1.54) is 16.3 Å². The normalized spacial score (nSPS) is 17.8. The van der Waals surface area contributed by atoms with E-state index >= 15 is 0 Å². The zero-order chi connectivity index (χ0) is 13.5. The molecule has 0 saturated carbocycles. The fourth-order valence-corrected chi connectivity index (χ4v) is 4.08. The summed E-state index contributed by atoms with van der Waals surface area (Å²) in [5, 5.41) is 5.48. The second kappa shape index (κ2) is 4.76. The molecule has 2 aromatic carbocycles. The Hall–Kier alpha value is -1.58. The highest BCUT2D eigenvalue weighted by molar-refractivity contribution is 7.19. The third kappa shape index (κ3) is 1.98. The maximum Gasteiger partial charge on any atom is 0.0990 e. The molecule has 1 atom stereocenters. The molecule has 1 N–H and O–H groups in total. The number of para-hydroxylation sites is 1. The number of rotatable bonds is 1. The van der Waals surface area contributed by atoms with Gasteiger partial charge in [0, 0.05) is 18.2 Å². The number of thiazole rings is 1. The summed E-state index contributed by atoms with van der Waals surface area (Å²) in [7, 11) is 0. The van der Waals surface area contributed by atoms with E-state index in [1.54, 1.807) is 11.3 Å². The Morgan fingerprint density at radius 3 is 2.95 bits per heavy atom. The minimum absolute atomic E-state index is 0.429. The minimum Gasteiger partial charge on any atom is -0.384 e. The molecule has 0 radical (unpaired) electrons. The summed E-state index contributed by atoms with van der Waals surface area (Å²) in [6, 6.07) is 14.4. The van der Waals surface area contributed by atoms with Crippen LogP contribution >= 0.6 is 22.9 Å². The van der Waals surface area contributed by atoms with Crippen LogP contribution in [0.3, 0.4) is 0 Å². The average molecular weight is 301 g/mol. The van der Waals surface area contributed by atoms with Gasteiger partial charge in [0.05, 0.1) is 20.2 Å². The molecule has 0 aliphatic carbocycles. The topological polar surface area (TPSA) is 24.9 Å². The largest absolute Gasteiger partial charge is 0.384 e. The van der Waals surface area contributed by atoms with E-state index in [2.05, 4.69) is 29.6 Å². The molecule has 2 heterocycles. The number of aromatic nitrogens is 1. The van der Waals surface area contributed by atoms with Gasteiger partial charge < -0.3 is 5.32 Å². The van der Waals surface area contributed by atoms with Gasteiger partial charge in [-0.1, -0.05) is 35.9 Å². The molecule has 0 amide bonds. The molecule has 0 saturated heterocycles. The molecule has 1 unspecified atom stereocenters. The summed E-state index contributed by atoms with van der Waals surface area (Å²) >= 11 is 7.97. The number of hydrogen-bond donors (Lipinski definition) is 1. The molecule has 2 nitrogen and oxygen atoms in total. The Kier molecular flexibility index (Phi) is 2.90. The van der Waals surface area contributed by atoms with Crippen LogP contribution in [0.4, 0.5) is 5.69 Å². The molecule has 3 aromatic rings. The molecule has 100 valence electrons. The van der Waals surface area contributed by atoms with E-state index < -0.39 is 0 Å². The van der Waals surface area contributed by atoms with Crippen LogP contribution in [0.5, 0.6) is 0 Å². The maximum absolute atomic E-state index is 6.25. The van der Waals surface area contributed by atoms with Crippen molar-refractivity contribution in [2.45, 2.75) is 12.3 Å². The Bertz CT molecular complexity index is 781. The molecule has 4 heteroatoms. The van der Waals surface area contributed by atoms with Gasteiger partial charge >= 0.3 is 0 Å². The van der Waals surface area contributed by atoms with E-state index in [1.807, 2.05) is 18.2 Å². The number of hydrogen-bond acceptors (Lipinski definition) is 3. The fraction of sp³-hybridized carbons (Fsp3) is 0.188. The average Bonchev–Trinajstić information content (AvgIpc) is 2.92. The smallest absolute Gasteiger partial charge is 0.0990 e. The van der Waals surface area contributed by atoms with Gasteiger partial charge in [0.15, 0.2) is 0 Å². The predicted octanol–water partition coefficient (Wildman–Crippen LogP) is 4.70. The molecule has 1 aliphatic rings. The van der Waals surface area contributed by atoms with Gasteiger partial charge in [-0.05, 0) is 30.2 Å². The lowest BCUT2D eigenvalue weighted by atomic mass is 9.94. The zero-order valence-electron chi connectivity index (χ0n) is 10.8. The molecular formula is C16H13ClN2S. The van der Waals surface area contributed by atoms with Gasteiger partial charge in [-0.15, -0.1) is 11.3 Å². The Labute approximate surface area is 126 Å². The Balaban J connectivity index is 1.72. The van der Waals surface area contributed by atoms with Crippen molar-refractivity contribution in [3.8, 4) is 0 Å². The molecule has 4 rings (SSSR count). The van der Waals surface area contributed by atoms with E-state index in [-0.39, 0.29) is 0 Å². The van der Waals surface area contributed by atoms with Crippen LogP contribution in [0.25, 0.3) is 10.2 Å². The van der Waals surface area contributed by atoms with Crippen LogP contribution in [-0.4, -0.2) is 11.5 Å². The molecular weight excluding hydrogens is 288 g/mol. The van der Waals surface area contributed by atoms with E-state index in [0.29, 0.717) is 5.92 Å². The number of anilines is 1. The summed E-state index contributed by atoms with van der Waals surface area (Å²) in [5.41, 5.74) is 3.63. The lowest BCUT2D eigenvalue weighted by Gasteiger charge is -2.24. The van der Waals surface area contributed by atoms with Crippen LogP contribution in [-0.2, 0) is 6.42 Å². The SMILES string of the molecule is Clc1cccc2nc(C3CNc4ccccc4C3)sc12. The first-order chi connectivity index (χ1) is 9.81. The summed E-state index contributed by atoms with van der Waals surface area (Å²) < 4.78 is 1.10. The standard InChI is InChI=1S/C16H13ClN2S/c17-12-5-3-7-14-15(12)20-16(19-14)11-8-10-4-1-2-6-13(10)18-9-11/h1-7,11,18H,8-9H2. The van der Waals surface area contributed by atoms with Crippen LogP contribution in [0.1, 0.15) is 16.5 Å². The first kappa shape index (κ1) is 12.2. The minimum atomic E-state index is 0.429. The fourth-order valence-electron chi connectivity index (χ4n) is 2.72. The summed E-state index contributed by atoms with van der Waals surface area (Å²) in [6.07, 6.45) is 1.04. The van der Waals surface area contributed by atoms with E-state index in [4.69, 9.17) is 16.6 Å². The second-order valence-corrected chi connectivity index (χ2v) is 6.52. The number of fused-ring (bicyclic) bond motifs is 2. The number of nitrogens with zero attached hydrogens (tertiary/aromatic N) is 1. The van der Waals surface area contributed by atoms with Crippen LogP contribution in [0.15, 0.2) is 42.5 Å². The highest BCUT2D eigenvalue weighted by Gasteiger charge is 2.22. The van der Waals surface area contributed by atoms with Gasteiger partial charge in [-0.2, -0.15) is 0 Å². The first-order valence-corrected chi connectivity index (χ1v) is 7.87. The molecule has 1 aliphatic heterocycles. The lowest BCUT2D eigenvalue weighted by molar-refractivity contribution is 0.691. The molecule has 0 fully saturated rings. The van der Waals surface area contributed by atoms with Crippen molar-refractivity contribution < 1.29 is 0 Å². The van der Waals surface area contributed by atoms with Crippen molar-refractivity contribution in [1.82, 2.24) is 4.98 Å². The molecule has 1 aromatic heterocycles.